The number of nitrogens with zero attached hydrogens (tertiary/aromatic N) is 1. The van der Waals surface area contributed by atoms with Gasteiger partial charge < -0.3 is 15.7 Å². The number of hydrogen-bond donors (Lipinski definition) is 3. The van der Waals surface area contributed by atoms with Crippen LogP contribution in [0.2, 0.25) is 0 Å². The van der Waals surface area contributed by atoms with Gasteiger partial charge in [0.05, 0.1) is 6.54 Å². The van der Waals surface area contributed by atoms with E-state index < -0.39 is 30.0 Å². The van der Waals surface area contributed by atoms with Crippen molar-refractivity contribution < 1.29 is 27.9 Å². The van der Waals surface area contributed by atoms with Gasteiger partial charge in [0.25, 0.3) is 0 Å². The van der Waals surface area contributed by atoms with Crippen LogP contribution < -0.4 is 10.6 Å². The SMILES string of the molecule is O=C(O)c1csc(CNC(=O)C2(C(F)(F)F)CCNC2)n1. The third-order valence-electron chi connectivity index (χ3n) is 3.30. The first-order valence-electron chi connectivity index (χ1n) is 6.00. The first-order chi connectivity index (χ1) is 9.76. The zero-order valence-corrected chi connectivity index (χ0v) is 11.5. The second kappa shape index (κ2) is 5.60. The van der Waals surface area contributed by atoms with E-state index in [2.05, 4.69) is 15.6 Å². The molecule has 1 atom stereocenters. The maximum atomic E-state index is 13.1. The lowest BCUT2D eigenvalue weighted by Crippen LogP contribution is -2.52. The van der Waals surface area contributed by atoms with E-state index in [1.165, 1.54) is 5.38 Å². The summed E-state index contributed by atoms with van der Waals surface area (Å²) in [5.74, 6) is -2.34. The highest BCUT2D eigenvalue weighted by atomic mass is 32.1. The Morgan fingerprint density at radius 3 is 2.71 bits per heavy atom. The number of rotatable bonds is 4. The molecule has 0 radical (unpaired) electrons. The van der Waals surface area contributed by atoms with Crippen LogP contribution in [0.4, 0.5) is 13.2 Å². The smallest absolute Gasteiger partial charge is 0.404 e. The minimum Gasteiger partial charge on any atom is -0.476 e. The van der Waals surface area contributed by atoms with E-state index >= 15 is 0 Å². The summed E-state index contributed by atoms with van der Waals surface area (Å²) in [5.41, 5.74) is -2.63. The molecule has 1 aliphatic rings. The van der Waals surface area contributed by atoms with Crippen molar-refractivity contribution in [1.82, 2.24) is 15.6 Å². The first-order valence-corrected chi connectivity index (χ1v) is 6.88. The Balaban J connectivity index is 2.04. The molecule has 116 valence electrons. The molecule has 10 heteroatoms. The number of carbonyl (C=O) groups is 2. The minimum atomic E-state index is -4.64. The largest absolute Gasteiger partial charge is 0.476 e. The molecule has 1 saturated heterocycles. The summed E-state index contributed by atoms with van der Waals surface area (Å²) in [4.78, 5) is 26.3. The predicted molar refractivity (Wildman–Crippen MR) is 66.9 cm³/mol. The molecule has 0 aliphatic carbocycles. The normalized spacial score (nSPS) is 22.2. The maximum Gasteiger partial charge on any atom is 0.404 e. The number of carboxylic acid groups (broad SMARTS) is 1. The van der Waals surface area contributed by atoms with E-state index in [0.29, 0.717) is 0 Å². The van der Waals surface area contributed by atoms with Gasteiger partial charge in [0.1, 0.15) is 5.01 Å². The van der Waals surface area contributed by atoms with Gasteiger partial charge in [-0.3, -0.25) is 4.79 Å². The Bertz CT molecular complexity index is 552. The van der Waals surface area contributed by atoms with Crippen molar-refractivity contribution >= 4 is 23.2 Å². The molecule has 1 fully saturated rings. The Hall–Kier alpha value is -1.68. The Kier molecular flexibility index (Phi) is 4.19. The van der Waals surface area contributed by atoms with Crippen LogP contribution in [0, 0.1) is 5.41 Å². The lowest BCUT2D eigenvalue weighted by atomic mass is 9.85. The molecule has 1 aromatic heterocycles. The monoisotopic (exact) mass is 323 g/mol. The fraction of sp³-hybridized carbons (Fsp3) is 0.545. The number of thiazole rings is 1. The summed E-state index contributed by atoms with van der Waals surface area (Å²) in [6, 6.07) is 0. The lowest BCUT2D eigenvalue weighted by Gasteiger charge is -2.29. The molecule has 0 saturated carbocycles. The molecule has 0 aromatic carbocycles. The second-order valence-electron chi connectivity index (χ2n) is 4.62. The van der Waals surface area contributed by atoms with Crippen molar-refractivity contribution in [1.29, 1.82) is 0 Å². The number of nitrogens with one attached hydrogen (secondary N) is 2. The van der Waals surface area contributed by atoms with Gasteiger partial charge in [-0.05, 0) is 13.0 Å². The maximum absolute atomic E-state index is 13.1. The quantitative estimate of drug-likeness (QED) is 0.769. The molecular formula is C11H12F3N3O3S. The molecule has 1 amide bonds. The standard InChI is InChI=1S/C11H12F3N3O3S/c12-11(13,14)10(1-2-15-5-10)9(20)16-3-7-17-6(4-21-7)8(18)19/h4,15H,1-3,5H2,(H,16,20)(H,18,19). The minimum absolute atomic E-state index is 0.118. The van der Waals surface area contributed by atoms with Gasteiger partial charge >= 0.3 is 12.1 Å². The number of aromatic carboxylic acids is 1. The van der Waals surface area contributed by atoms with Crippen molar-refractivity contribution in [2.45, 2.75) is 19.1 Å². The van der Waals surface area contributed by atoms with E-state index in [-0.39, 0.29) is 30.2 Å². The fourth-order valence-electron chi connectivity index (χ4n) is 2.07. The molecule has 21 heavy (non-hydrogen) atoms. The third kappa shape index (κ3) is 3.00. The van der Waals surface area contributed by atoms with Crippen molar-refractivity contribution in [2.75, 3.05) is 13.1 Å². The van der Waals surface area contributed by atoms with E-state index in [9.17, 15) is 22.8 Å². The van der Waals surface area contributed by atoms with Crippen molar-refractivity contribution in [3.05, 3.63) is 16.1 Å². The molecule has 1 unspecified atom stereocenters. The Morgan fingerprint density at radius 2 is 2.24 bits per heavy atom. The van der Waals surface area contributed by atoms with Crippen LogP contribution in [0.1, 0.15) is 21.9 Å². The van der Waals surface area contributed by atoms with Crippen LogP contribution in [0.15, 0.2) is 5.38 Å². The zero-order chi connectivity index (χ0) is 15.7. The number of alkyl halides is 3. The van der Waals surface area contributed by atoms with Gasteiger partial charge in [0.2, 0.25) is 5.91 Å². The van der Waals surface area contributed by atoms with Gasteiger partial charge in [0.15, 0.2) is 11.1 Å². The molecule has 3 N–H and O–H groups in total. The molecular weight excluding hydrogens is 311 g/mol. The molecule has 0 spiro atoms. The van der Waals surface area contributed by atoms with Gasteiger partial charge in [-0.15, -0.1) is 11.3 Å². The predicted octanol–water partition coefficient (Wildman–Crippen LogP) is 0.999. The number of amides is 1. The molecule has 2 rings (SSSR count). The summed E-state index contributed by atoms with van der Waals surface area (Å²) in [6.07, 6.45) is -4.96. The summed E-state index contributed by atoms with van der Waals surface area (Å²) >= 11 is 0.965. The van der Waals surface area contributed by atoms with Crippen LogP contribution in [-0.4, -0.2) is 41.2 Å². The molecule has 1 aliphatic heterocycles. The Labute approximate surface area is 121 Å². The van der Waals surface area contributed by atoms with Crippen molar-refractivity contribution in [2.24, 2.45) is 5.41 Å². The summed E-state index contributed by atoms with van der Waals surface area (Å²) < 4.78 is 39.3. The highest BCUT2D eigenvalue weighted by Crippen LogP contribution is 2.43. The highest BCUT2D eigenvalue weighted by Gasteiger charge is 2.61. The molecule has 0 bridgehead atoms. The van der Waals surface area contributed by atoms with Crippen LogP contribution in [-0.2, 0) is 11.3 Å². The average molecular weight is 323 g/mol. The van der Waals surface area contributed by atoms with E-state index in [1.54, 1.807) is 0 Å². The molecule has 1 aromatic rings. The summed E-state index contributed by atoms with van der Waals surface area (Å²) in [7, 11) is 0. The highest BCUT2D eigenvalue weighted by molar-refractivity contribution is 7.09. The van der Waals surface area contributed by atoms with Crippen molar-refractivity contribution in [3.8, 4) is 0 Å². The summed E-state index contributed by atoms with van der Waals surface area (Å²) in [5, 5.41) is 14.9. The van der Waals surface area contributed by atoms with E-state index in [1.807, 2.05) is 0 Å². The van der Waals surface area contributed by atoms with Gasteiger partial charge in [-0.2, -0.15) is 13.2 Å². The first kappa shape index (κ1) is 15.7. The van der Waals surface area contributed by atoms with Crippen LogP contribution in [0.5, 0.6) is 0 Å². The van der Waals surface area contributed by atoms with Gasteiger partial charge in [0, 0.05) is 11.9 Å². The van der Waals surface area contributed by atoms with E-state index in [0.717, 1.165) is 11.3 Å². The van der Waals surface area contributed by atoms with E-state index in [4.69, 9.17) is 5.11 Å². The number of carbonyl (C=O) groups excluding carboxylic acids is 1. The number of halogens is 3. The zero-order valence-electron chi connectivity index (χ0n) is 10.7. The lowest BCUT2D eigenvalue weighted by molar-refractivity contribution is -0.216. The average Bonchev–Trinajstić information content (AvgIpc) is 3.04. The fourth-order valence-corrected chi connectivity index (χ4v) is 2.78. The third-order valence-corrected chi connectivity index (χ3v) is 4.15. The van der Waals surface area contributed by atoms with Crippen molar-refractivity contribution in [3.63, 3.8) is 0 Å². The summed E-state index contributed by atoms with van der Waals surface area (Å²) in [6.45, 7) is -0.567. The topological polar surface area (TPSA) is 91.3 Å². The number of aromatic nitrogens is 1. The van der Waals surface area contributed by atoms with Crippen LogP contribution in [0.25, 0.3) is 0 Å². The van der Waals surface area contributed by atoms with Crippen LogP contribution in [0.3, 0.4) is 0 Å². The number of hydrogen-bond acceptors (Lipinski definition) is 5. The number of carboxylic acids is 1. The second-order valence-corrected chi connectivity index (χ2v) is 5.56. The van der Waals surface area contributed by atoms with Gasteiger partial charge in [-0.1, -0.05) is 0 Å². The molecule has 6 nitrogen and oxygen atoms in total. The Morgan fingerprint density at radius 1 is 1.52 bits per heavy atom. The molecule has 2 heterocycles. The van der Waals surface area contributed by atoms with Gasteiger partial charge in [-0.25, -0.2) is 9.78 Å². The van der Waals surface area contributed by atoms with Crippen LogP contribution >= 0.6 is 11.3 Å².